The average molecular weight is 336 g/mol. The minimum Gasteiger partial charge on any atom is -0.481 e. The Hall–Kier alpha value is -2.82. The maximum Gasteiger partial charge on any atom is 0.303 e. The Bertz CT molecular complexity index is 869. The molecule has 0 saturated carbocycles. The molecule has 128 valence electrons. The Labute approximate surface area is 145 Å². The Morgan fingerprint density at radius 1 is 1.20 bits per heavy atom. The summed E-state index contributed by atoms with van der Waals surface area (Å²) in [5.41, 5.74) is 6.78. The number of carbonyl (C=O) groups is 2. The molecule has 5 nitrogen and oxygen atoms in total. The molecule has 0 atom stereocenters. The van der Waals surface area contributed by atoms with E-state index in [9.17, 15) is 9.59 Å². The molecule has 0 saturated heterocycles. The van der Waals surface area contributed by atoms with Gasteiger partial charge >= 0.3 is 5.97 Å². The van der Waals surface area contributed by atoms with Gasteiger partial charge in [0.1, 0.15) is 0 Å². The van der Waals surface area contributed by atoms with E-state index >= 15 is 0 Å². The number of aliphatic carboxylic acids is 1. The van der Waals surface area contributed by atoms with Gasteiger partial charge in [-0.15, -0.1) is 0 Å². The fourth-order valence-electron chi connectivity index (χ4n) is 3.65. The lowest BCUT2D eigenvalue weighted by Gasteiger charge is -2.08. The minimum atomic E-state index is -0.817. The SMILES string of the molecule is O=C(O)CCc1ccc2c(c1)C(=Cc1cc3c([nH]1)CCCC3)C(=O)N2. The molecule has 2 heterocycles. The van der Waals surface area contributed by atoms with Gasteiger partial charge < -0.3 is 15.4 Å². The fraction of sp³-hybridized carbons (Fsp3) is 0.300. The van der Waals surface area contributed by atoms with Crippen molar-refractivity contribution >= 4 is 29.2 Å². The molecule has 1 amide bonds. The molecule has 25 heavy (non-hydrogen) atoms. The van der Waals surface area contributed by atoms with Crippen LogP contribution in [-0.4, -0.2) is 22.0 Å². The zero-order valence-corrected chi connectivity index (χ0v) is 13.9. The Balaban J connectivity index is 1.67. The zero-order chi connectivity index (χ0) is 17.4. The molecule has 3 N–H and O–H groups in total. The molecule has 0 spiro atoms. The second kappa shape index (κ2) is 6.24. The molecule has 0 radical (unpaired) electrons. The molecule has 4 rings (SSSR count). The molecule has 5 heteroatoms. The molecular formula is C20H20N2O3. The van der Waals surface area contributed by atoms with Gasteiger partial charge in [0.05, 0.1) is 5.57 Å². The van der Waals surface area contributed by atoms with Crippen molar-refractivity contribution in [3.8, 4) is 0 Å². The predicted molar refractivity (Wildman–Crippen MR) is 96.3 cm³/mol. The van der Waals surface area contributed by atoms with Gasteiger partial charge in [-0.2, -0.15) is 0 Å². The molecular weight excluding hydrogens is 316 g/mol. The van der Waals surface area contributed by atoms with Crippen LogP contribution in [-0.2, 0) is 28.9 Å². The van der Waals surface area contributed by atoms with Crippen LogP contribution >= 0.6 is 0 Å². The largest absolute Gasteiger partial charge is 0.481 e. The van der Waals surface area contributed by atoms with Crippen LogP contribution < -0.4 is 5.32 Å². The number of fused-ring (bicyclic) bond motifs is 2. The highest BCUT2D eigenvalue weighted by Crippen LogP contribution is 2.34. The van der Waals surface area contributed by atoms with Gasteiger partial charge in [-0.3, -0.25) is 9.59 Å². The van der Waals surface area contributed by atoms with E-state index in [1.165, 1.54) is 24.1 Å². The summed E-state index contributed by atoms with van der Waals surface area (Å²) in [7, 11) is 0. The number of nitrogens with one attached hydrogen (secondary N) is 2. The average Bonchev–Trinajstić information content (AvgIpc) is 3.14. The number of hydrogen-bond acceptors (Lipinski definition) is 2. The normalized spacial score (nSPS) is 17.3. The Morgan fingerprint density at radius 3 is 2.84 bits per heavy atom. The number of carboxylic acids is 1. The highest BCUT2D eigenvalue weighted by Gasteiger charge is 2.25. The van der Waals surface area contributed by atoms with E-state index in [0.717, 1.165) is 35.3 Å². The number of aryl methyl sites for hydroxylation is 3. The number of benzene rings is 1. The number of aromatic amines is 1. The maximum atomic E-state index is 12.4. The van der Waals surface area contributed by atoms with Gasteiger partial charge in [-0.1, -0.05) is 6.07 Å². The van der Waals surface area contributed by atoms with Crippen molar-refractivity contribution in [1.29, 1.82) is 0 Å². The van der Waals surface area contributed by atoms with Gasteiger partial charge in [-0.25, -0.2) is 0 Å². The number of hydrogen-bond donors (Lipinski definition) is 3. The number of anilines is 1. The standard InChI is InChI=1S/C20H20N2O3/c23-19(24)8-6-12-5-7-18-15(9-12)16(20(25)22-18)11-14-10-13-3-1-2-4-17(13)21-14/h5,7,9-11,21H,1-4,6,8H2,(H,22,25)(H,23,24). The second-order valence-corrected chi connectivity index (χ2v) is 6.72. The van der Waals surface area contributed by atoms with Gasteiger partial charge in [0.15, 0.2) is 0 Å². The second-order valence-electron chi connectivity index (χ2n) is 6.72. The number of aromatic nitrogens is 1. The van der Waals surface area contributed by atoms with Crippen molar-refractivity contribution in [1.82, 2.24) is 4.98 Å². The summed E-state index contributed by atoms with van der Waals surface area (Å²) < 4.78 is 0. The summed E-state index contributed by atoms with van der Waals surface area (Å²) in [6.45, 7) is 0. The number of H-pyrrole nitrogens is 1. The molecule has 2 aliphatic rings. The van der Waals surface area contributed by atoms with Crippen LogP contribution in [0, 0.1) is 0 Å². The van der Waals surface area contributed by atoms with E-state index < -0.39 is 5.97 Å². The molecule has 0 unspecified atom stereocenters. The van der Waals surface area contributed by atoms with Gasteiger partial charge in [0.2, 0.25) is 0 Å². The molecule has 1 aromatic carbocycles. The van der Waals surface area contributed by atoms with Crippen LogP contribution in [0.2, 0.25) is 0 Å². The highest BCUT2D eigenvalue weighted by atomic mass is 16.4. The molecule has 1 aromatic heterocycles. The summed E-state index contributed by atoms with van der Waals surface area (Å²) in [6.07, 6.45) is 7.04. The predicted octanol–water partition coefficient (Wildman–Crippen LogP) is 3.40. The van der Waals surface area contributed by atoms with Crippen molar-refractivity contribution in [3.63, 3.8) is 0 Å². The third-order valence-corrected chi connectivity index (χ3v) is 4.93. The maximum absolute atomic E-state index is 12.4. The van der Waals surface area contributed by atoms with Crippen LogP contribution in [0.5, 0.6) is 0 Å². The van der Waals surface area contributed by atoms with Crippen LogP contribution in [0.1, 0.15) is 47.3 Å². The highest BCUT2D eigenvalue weighted by molar-refractivity contribution is 6.34. The third-order valence-electron chi connectivity index (χ3n) is 4.93. The number of amides is 1. The number of carbonyl (C=O) groups excluding carboxylic acids is 1. The molecule has 0 bridgehead atoms. The topological polar surface area (TPSA) is 82.2 Å². The lowest BCUT2D eigenvalue weighted by Crippen LogP contribution is -2.03. The smallest absolute Gasteiger partial charge is 0.303 e. The van der Waals surface area contributed by atoms with E-state index in [2.05, 4.69) is 16.4 Å². The summed E-state index contributed by atoms with van der Waals surface area (Å²) in [6, 6.07) is 7.79. The quantitative estimate of drug-likeness (QED) is 0.748. The van der Waals surface area contributed by atoms with Crippen LogP contribution in [0.25, 0.3) is 11.6 Å². The monoisotopic (exact) mass is 336 g/mol. The van der Waals surface area contributed by atoms with Gasteiger partial charge in [-0.05, 0) is 67.5 Å². The van der Waals surface area contributed by atoms with Gasteiger partial charge in [0, 0.05) is 29.1 Å². The van der Waals surface area contributed by atoms with E-state index in [1.807, 2.05) is 24.3 Å². The van der Waals surface area contributed by atoms with Crippen molar-refractivity contribution in [2.24, 2.45) is 0 Å². The lowest BCUT2D eigenvalue weighted by molar-refractivity contribution is -0.137. The summed E-state index contributed by atoms with van der Waals surface area (Å²) >= 11 is 0. The van der Waals surface area contributed by atoms with E-state index in [0.29, 0.717) is 12.0 Å². The first-order valence-corrected chi connectivity index (χ1v) is 8.69. The fourth-order valence-corrected chi connectivity index (χ4v) is 3.65. The first-order valence-electron chi connectivity index (χ1n) is 8.69. The first kappa shape index (κ1) is 15.7. The van der Waals surface area contributed by atoms with E-state index in [-0.39, 0.29) is 12.3 Å². The van der Waals surface area contributed by atoms with Crippen LogP contribution in [0.4, 0.5) is 5.69 Å². The summed E-state index contributed by atoms with van der Waals surface area (Å²) in [4.78, 5) is 26.6. The Kier molecular flexibility index (Phi) is 3.92. The number of rotatable bonds is 4. The lowest BCUT2D eigenvalue weighted by atomic mass is 9.98. The van der Waals surface area contributed by atoms with Crippen LogP contribution in [0.3, 0.4) is 0 Å². The molecule has 1 aliphatic heterocycles. The molecule has 2 aromatic rings. The summed E-state index contributed by atoms with van der Waals surface area (Å²) in [5.74, 6) is -0.930. The molecule has 1 aliphatic carbocycles. The van der Waals surface area contributed by atoms with Crippen molar-refractivity contribution < 1.29 is 14.7 Å². The Morgan fingerprint density at radius 2 is 2.04 bits per heavy atom. The van der Waals surface area contributed by atoms with Crippen molar-refractivity contribution in [3.05, 3.63) is 52.3 Å². The number of carboxylic acid groups (broad SMARTS) is 1. The summed E-state index contributed by atoms with van der Waals surface area (Å²) in [5, 5.41) is 11.7. The van der Waals surface area contributed by atoms with Crippen molar-refractivity contribution in [2.75, 3.05) is 5.32 Å². The van der Waals surface area contributed by atoms with Crippen molar-refractivity contribution in [2.45, 2.75) is 38.5 Å². The van der Waals surface area contributed by atoms with Crippen LogP contribution in [0.15, 0.2) is 24.3 Å². The zero-order valence-electron chi connectivity index (χ0n) is 13.9. The van der Waals surface area contributed by atoms with E-state index in [4.69, 9.17) is 5.11 Å². The minimum absolute atomic E-state index is 0.0859. The van der Waals surface area contributed by atoms with Gasteiger partial charge in [0.25, 0.3) is 5.91 Å². The first-order chi connectivity index (χ1) is 12.1. The molecule has 0 fully saturated rings. The van der Waals surface area contributed by atoms with E-state index in [1.54, 1.807) is 0 Å². The third kappa shape index (κ3) is 3.09.